The minimum Gasteiger partial charge on any atom is -0.384 e. The Hall–Kier alpha value is -2.29. The van der Waals surface area contributed by atoms with Crippen LogP contribution in [0.1, 0.15) is 47.2 Å². The van der Waals surface area contributed by atoms with Crippen LogP contribution in [0.4, 0.5) is 0 Å². The molecular formula is C22H28N4O4. The molecule has 4 heterocycles. The van der Waals surface area contributed by atoms with E-state index in [9.17, 15) is 14.4 Å². The highest BCUT2D eigenvalue weighted by molar-refractivity contribution is 6.05. The molecule has 8 nitrogen and oxygen atoms in total. The van der Waals surface area contributed by atoms with Crippen molar-refractivity contribution < 1.29 is 19.1 Å². The van der Waals surface area contributed by atoms with Crippen molar-refractivity contribution in [3.8, 4) is 0 Å². The third kappa shape index (κ3) is 2.89. The van der Waals surface area contributed by atoms with Crippen molar-refractivity contribution in [1.82, 2.24) is 15.1 Å². The van der Waals surface area contributed by atoms with Gasteiger partial charge in [0.15, 0.2) is 0 Å². The SMILES string of the molecule is COCC12CN(Cc3ccc4c(c3)CN(C3CCC(=O)NC3=O)C4=O)C(CN)(C1)C2. The number of carbonyl (C=O) groups is 3. The van der Waals surface area contributed by atoms with E-state index in [-0.39, 0.29) is 35.1 Å². The van der Waals surface area contributed by atoms with Crippen LogP contribution in [0.15, 0.2) is 18.2 Å². The molecule has 6 rings (SSSR count). The number of hydrogen-bond donors (Lipinski definition) is 2. The highest BCUT2D eigenvalue weighted by Gasteiger charge is 2.64. The molecule has 30 heavy (non-hydrogen) atoms. The summed E-state index contributed by atoms with van der Waals surface area (Å²) in [4.78, 5) is 40.6. The number of nitrogens with two attached hydrogens (primary N) is 1. The second kappa shape index (κ2) is 6.87. The molecule has 2 bridgehead atoms. The van der Waals surface area contributed by atoms with Gasteiger partial charge in [-0.15, -0.1) is 0 Å². The number of carbonyl (C=O) groups excluding carboxylic acids is 3. The Morgan fingerprint density at radius 1 is 1.27 bits per heavy atom. The molecule has 5 aliphatic rings. The first-order valence-corrected chi connectivity index (χ1v) is 10.6. The molecule has 1 atom stereocenters. The Morgan fingerprint density at radius 2 is 2.07 bits per heavy atom. The number of imide groups is 1. The number of amides is 3. The molecule has 4 fully saturated rings. The fraction of sp³-hybridized carbons (Fsp3) is 0.591. The van der Waals surface area contributed by atoms with Crippen molar-refractivity contribution in [2.24, 2.45) is 11.1 Å². The van der Waals surface area contributed by atoms with Crippen LogP contribution in [0.5, 0.6) is 0 Å². The molecule has 160 valence electrons. The molecule has 1 unspecified atom stereocenters. The quantitative estimate of drug-likeness (QED) is 0.655. The second-order valence-corrected chi connectivity index (χ2v) is 9.46. The van der Waals surface area contributed by atoms with Gasteiger partial charge in [-0.05, 0) is 36.5 Å². The van der Waals surface area contributed by atoms with Gasteiger partial charge in [0.25, 0.3) is 5.91 Å². The van der Waals surface area contributed by atoms with E-state index in [0.29, 0.717) is 25.1 Å². The van der Waals surface area contributed by atoms with Crippen LogP contribution < -0.4 is 11.1 Å². The predicted octanol–water partition coefficient (Wildman–Crippen LogP) is 0.387. The average Bonchev–Trinajstić information content (AvgIpc) is 3.27. The number of benzene rings is 1. The van der Waals surface area contributed by atoms with Gasteiger partial charge < -0.3 is 15.4 Å². The molecule has 1 aromatic rings. The molecule has 3 N–H and O–H groups in total. The van der Waals surface area contributed by atoms with Crippen LogP contribution >= 0.6 is 0 Å². The summed E-state index contributed by atoms with van der Waals surface area (Å²) >= 11 is 0. The van der Waals surface area contributed by atoms with E-state index in [1.54, 1.807) is 12.0 Å². The molecule has 3 amide bonds. The lowest BCUT2D eigenvalue weighted by molar-refractivity contribution is -0.136. The highest BCUT2D eigenvalue weighted by atomic mass is 16.5. The van der Waals surface area contributed by atoms with Gasteiger partial charge in [-0.2, -0.15) is 0 Å². The van der Waals surface area contributed by atoms with Crippen LogP contribution in [0.2, 0.25) is 0 Å². The van der Waals surface area contributed by atoms with Crippen LogP contribution in [0.25, 0.3) is 0 Å². The lowest BCUT2D eigenvalue weighted by Crippen LogP contribution is -2.55. The summed E-state index contributed by atoms with van der Waals surface area (Å²) in [5.74, 6) is -0.781. The van der Waals surface area contributed by atoms with Gasteiger partial charge in [-0.1, -0.05) is 12.1 Å². The van der Waals surface area contributed by atoms with Gasteiger partial charge >= 0.3 is 0 Å². The van der Waals surface area contributed by atoms with Gasteiger partial charge in [0.2, 0.25) is 11.8 Å². The lowest BCUT2D eigenvalue weighted by atomic mass is 9.62. The summed E-state index contributed by atoms with van der Waals surface area (Å²) in [5.41, 5.74) is 9.18. The normalized spacial score (nSPS) is 32.9. The minimum absolute atomic E-state index is 0.0616. The van der Waals surface area contributed by atoms with Crippen LogP contribution in [-0.4, -0.2) is 65.9 Å². The third-order valence-corrected chi connectivity index (χ3v) is 7.40. The average molecular weight is 412 g/mol. The van der Waals surface area contributed by atoms with E-state index in [2.05, 4.69) is 16.3 Å². The molecule has 0 spiro atoms. The molecular weight excluding hydrogens is 384 g/mol. The Bertz CT molecular complexity index is 924. The number of hydrogen-bond acceptors (Lipinski definition) is 6. The Morgan fingerprint density at radius 3 is 2.77 bits per heavy atom. The second-order valence-electron chi connectivity index (χ2n) is 9.46. The van der Waals surface area contributed by atoms with Gasteiger partial charge in [0, 0.05) is 56.2 Å². The first-order chi connectivity index (χ1) is 14.4. The maximum atomic E-state index is 12.9. The standard InChI is InChI=1S/C22H28N4O4/c1-30-13-21-9-22(10-21,11-23)25(12-21)7-14-2-3-16-15(6-14)8-26(20(16)29)17-4-5-18(27)24-19(17)28/h2-3,6,17H,4-5,7-13,23H2,1H3,(H,24,27,28). The van der Waals surface area contributed by atoms with Gasteiger partial charge in [-0.25, -0.2) is 0 Å². The number of nitrogens with zero attached hydrogens (tertiary/aromatic N) is 2. The molecule has 3 saturated heterocycles. The van der Waals surface area contributed by atoms with Gasteiger partial charge in [0.05, 0.1) is 6.61 Å². The Balaban J connectivity index is 1.32. The fourth-order valence-corrected chi connectivity index (χ4v) is 6.15. The number of ether oxygens (including phenoxy) is 1. The molecule has 0 aromatic heterocycles. The monoisotopic (exact) mass is 412 g/mol. The fourth-order valence-electron chi connectivity index (χ4n) is 6.15. The number of rotatable bonds is 6. The summed E-state index contributed by atoms with van der Waals surface area (Å²) in [6.07, 6.45) is 2.81. The number of nitrogens with one attached hydrogen (secondary N) is 1. The zero-order chi connectivity index (χ0) is 21.1. The van der Waals surface area contributed by atoms with E-state index < -0.39 is 6.04 Å². The molecule has 1 aromatic carbocycles. The lowest BCUT2D eigenvalue weighted by Gasteiger charge is -2.47. The number of methoxy groups -OCH3 is 1. The number of piperidine rings is 1. The minimum atomic E-state index is -0.578. The van der Waals surface area contributed by atoms with E-state index in [1.807, 2.05) is 12.1 Å². The maximum absolute atomic E-state index is 12.9. The van der Waals surface area contributed by atoms with Crippen LogP contribution in [0.3, 0.4) is 0 Å². The molecule has 4 aliphatic heterocycles. The van der Waals surface area contributed by atoms with Crippen molar-refractivity contribution in [2.75, 3.05) is 26.8 Å². The van der Waals surface area contributed by atoms with Crippen molar-refractivity contribution in [3.63, 3.8) is 0 Å². The summed E-state index contributed by atoms with van der Waals surface area (Å²) in [6.45, 7) is 3.60. The molecule has 8 heteroatoms. The predicted molar refractivity (Wildman–Crippen MR) is 108 cm³/mol. The van der Waals surface area contributed by atoms with E-state index >= 15 is 0 Å². The Labute approximate surface area is 175 Å². The van der Waals surface area contributed by atoms with Crippen LogP contribution in [-0.2, 0) is 27.4 Å². The molecule has 1 saturated carbocycles. The molecule has 0 radical (unpaired) electrons. The first-order valence-electron chi connectivity index (χ1n) is 10.6. The summed E-state index contributed by atoms with van der Waals surface area (Å²) < 4.78 is 5.45. The van der Waals surface area contributed by atoms with Crippen LogP contribution in [0, 0.1) is 5.41 Å². The summed E-state index contributed by atoms with van der Waals surface area (Å²) in [7, 11) is 1.76. The van der Waals surface area contributed by atoms with Crippen molar-refractivity contribution in [3.05, 3.63) is 34.9 Å². The highest BCUT2D eigenvalue weighted by Crippen LogP contribution is 2.59. The first kappa shape index (κ1) is 19.7. The van der Waals surface area contributed by atoms with Gasteiger partial charge in [-0.3, -0.25) is 24.6 Å². The third-order valence-electron chi connectivity index (χ3n) is 7.40. The largest absolute Gasteiger partial charge is 0.384 e. The summed E-state index contributed by atoms with van der Waals surface area (Å²) in [5, 5.41) is 2.35. The van der Waals surface area contributed by atoms with E-state index in [0.717, 1.165) is 43.7 Å². The van der Waals surface area contributed by atoms with Crippen molar-refractivity contribution in [2.45, 2.75) is 50.4 Å². The van der Waals surface area contributed by atoms with Gasteiger partial charge in [0.1, 0.15) is 6.04 Å². The maximum Gasteiger partial charge on any atom is 0.255 e. The zero-order valence-electron chi connectivity index (χ0n) is 17.3. The van der Waals surface area contributed by atoms with Crippen molar-refractivity contribution >= 4 is 17.7 Å². The summed E-state index contributed by atoms with van der Waals surface area (Å²) in [6, 6.07) is 5.39. The zero-order valence-corrected chi connectivity index (χ0v) is 17.3. The van der Waals surface area contributed by atoms with E-state index in [4.69, 9.17) is 10.5 Å². The van der Waals surface area contributed by atoms with E-state index in [1.165, 1.54) is 0 Å². The smallest absolute Gasteiger partial charge is 0.255 e. The topological polar surface area (TPSA) is 105 Å². The molecule has 1 aliphatic carbocycles. The van der Waals surface area contributed by atoms with Crippen molar-refractivity contribution in [1.29, 1.82) is 0 Å². The Kier molecular flexibility index (Phi) is 4.50. The number of fused-ring (bicyclic) bond motifs is 2.